The zero-order valence-corrected chi connectivity index (χ0v) is 6.28. The molecule has 0 saturated carbocycles. The summed E-state index contributed by atoms with van der Waals surface area (Å²) in [7, 11) is 0. The van der Waals surface area contributed by atoms with E-state index < -0.39 is 0 Å². The largest absolute Gasteiger partial charge is 0.246 e. The molecule has 1 aromatic heterocycles. The zero-order chi connectivity index (χ0) is 8.39. The van der Waals surface area contributed by atoms with Gasteiger partial charge >= 0.3 is 0 Å². The lowest BCUT2D eigenvalue weighted by Crippen LogP contribution is -1.79. The van der Waals surface area contributed by atoms with E-state index in [1.165, 1.54) is 0 Å². The first-order valence-electron chi connectivity index (χ1n) is 3.57. The fraction of sp³-hybridized carbons (Fsp3) is 0. The Kier molecular flexibility index (Phi) is 1.49. The van der Waals surface area contributed by atoms with Gasteiger partial charge in [-0.1, -0.05) is 12.1 Å². The van der Waals surface area contributed by atoms with E-state index in [1.54, 1.807) is 18.2 Å². The molecule has 2 rings (SSSR count). The standard InChI is InChI=1S/C10H5N2/c11-7-8-3-4-9-2-1-5-12-10(9)6-8/h1-4,6H. The maximum atomic E-state index is 8.61. The first-order chi connectivity index (χ1) is 5.90. The second-order valence-corrected chi connectivity index (χ2v) is 2.46. The smallest absolute Gasteiger partial charge is 0.0992 e. The maximum Gasteiger partial charge on any atom is 0.0992 e. The topological polar surface area (TPSA) is 36.7 Å². The predicted octanol–water partition coefficient (Wildman–Crippen LogP) is 1.91. The molecule has 0 amide bonds. The molecule has 1 heterocycles. The lowest BCUT2D eigenvalue weighted by atomic mass is 10.1. The number of rotatable bonds is 0. The molecule has 0 atom stereocenters. The minimum atomic E-state index is 0.634. The molecule has 0 bridgehead atoms. The number of nitrogens with zero attached hydrogens (tertiary/aromatic N) is 2. The summed E-state index contributed by atoms with van der Waals surface area (Å²) >= 11 is 0. The van der Waals surface area contributed by atoms with Gasteiger partial charge in [-0.3, -0.25) is 0 Å². The summed E-state index contributed by atoms with van der Waals surface area (Å²) in [6.45, 7) is 0. The average molecular weight is 153 g/mol. The molecular weight excluding hydrogens is 148 g/mol. The van der Waals surface area contributed by atoms with E-state index in [2.05, 4.69) is 17.3 Å². The van der Waals surface area contributed by atoms with Crippen molar-refractivity contribution in [3.8, 4) is 6.07 Å². The normalized spacial score (nSPS) is 9.58. The van der Waals surface area contributed by atoms with Crippen LogP contribution in [0.15, 0.2) is 30.3 Å². The third kappa shape index (κ3) is 1.02. The molecule has 55 valence electrons. The number of hydrogen-bond donors (Lipinski definition) is 0. The molecule has 0 aliphatic carbocycles. The molecule has 0 aliphatic heterocycles. The Morgan fingerprint density at radius 2 is 2.25 bits per heavy atom. The quantitative estimate of drug-likeness (QED) is 0.579. The Hall–Kier alpha value is -1.88. The molecule has 2 nitrogen and oxygen atoms in total. The van der Waals surface area contributed by atoms with Crippen LogP contribution in [0, 0.1) is 17.5 Å². The van der Waals surface area contributed by atoms with E-state index in [0.717, 1.165) is 10.9 Å². The molecule has 2 aromatic rings. The van der Waals surface area contributed by atoms with Crippen LogP contribution < -0.4 is 0 Å². The summed E-state index contributed by atoms with van der Waals surface area (Å²) in [4.78, 5) is 4.01. The van der Waals surface area contributed by atoms with Crippen LogP contribution >= 0.6 is 0 Å². The van der Waals surface area contributed by atoms with Crippen LogP contribution in [0.3, 0.4) is 0 Å². The van der Waals surface area contributed by atoms with E-state index in [9.17, 15) is 0 Å². The molecule has 0 saturated heterocycles. The number of benzene rings is 1. The second kappa shape index (κ2) is 2.63. The van der Waals surface area contributed by atoms with Gasteiger partial charge in [-0.15, -0.1) is 0 Å². The van der Waals surface area contributed by atoms with Gasteiger partial charge in [-0.25, -0.2) is 4.98 Å². The Bertz CT molecular complexity index is 455. The van der Waals surface area contributed by atoms with Crippen LogP contribution in [0.25, 0.3) is 10.9 Å². The highest BCUT2D eigenvalue weighted by atomic mass is 14.6. The molecule has 1 aromatic carbocycles. The Morgan fingerprint density at radius 3 is 3.08 bits per heavy atom. The summed E-state index contributed by atoms with van der Waals surface area (Å²) in [5.41, 5.74) is 1.45. The molecular formula is C10H5N2. The lowest BCUT2D eigenvalue weighted by Gasteiger charge is -1.94. The van der Waals surface area contributed by atoms with Gasteiger partial charge in [0.25, 0.3) is 0 Å². The van der Waals surface area contributed by atoms with Crippen molar-refractivity contribution >= 4 is 10.9 Å². The van der Waals surface area contributed by atoms with E-state index in [0.29, 0.717) is 5.56 Å². The average Bonchev–Trinajstić information content (AvgIpc) is 2.17. The minimum Gasteiger partial charge on any atom is -0.246 e. The van der Waals surface area contributed by atoms with Crippen molar-refractivity contribution in [3.05, 3.63) is 42.1 Å². The summed E-state index contributed by atoms with van der Waals surface area (Å²) < 4.78 is 0. The molecule has 0 N–H and O–H groups in total. The van der Waals surface area contributed by atoms with Crippen LogP contribution in [0.4, 0.5) is 0 Å². The van der Waals surface area contributed by atoms with Crippen LogP contribution in [0.1, 0.15) is 5.56 Å². The highest BCUT2D eigenvalue weighted by Crippen LogP contribution is 2.11. The van der Waals surface area contributed by atoms with Crippen LogP contribution in [0.5, 0.6) is 0 Å². The van der Waals surface area contributed by atoms with E-state index in [1.807, 2.05) is 12.1 Å². The Labute approximate surface area is 70.1 Å². The number of fused-ring (bicyclic) bond motifs is 1. The minimum absolute atomic E-state index is 0.634. The van der Waals surface area contributed by atoms with Gasteiger partial charge in [0.15, 0.2) is 0 Å². The van der Waals surface area contributed by atoms with Crippen molar-refractivity contribution < 1.29 is 0 Å². The van der Waals surface area contributed by atoms with Crippen molar-refractivity contribution in [2.75, 3.05) is 0 Å². The van der Waals surface area contributed by atoms with Gasteiger partial charge in [0.1, 0.15) is 0 Å². The number of aromatic nitrogens is 1. The highest BCUT2D eigenvalue weighted by molar-refractivity contribution is 5.79. The SMILES string of the molecule is N#Cc1ccc2cc[c]nc2c1. The third-order valence-electron chi connectivity index (χ3n) is 1.68. The fourth-order valence-electron chi connectivity index (χ4n) is 1.08. The molecule has 2 heteroatoms. The van der Waals surface area contributed by atoms with Gasteiger partial charge in [0.05, 0.1) is 23.3 Å². The molecule has 12 heavy (non-hydrogen) atoms. The first kappa shape index (κ1) is 6.81. The van der Waals surface area contributed by atoms with Gasteiger partial charge in [-0.05, 0) is 18.2 Å². The Balaban J connectivity index is 2.78. The van der Waals surface area contributed by atoms with Crippen molar-refractivity contribution in [1.29, 1.82) is 5.26 Å². The lowest BCUT2D eigenvalue weighted by molar-refractivity contribution is 1.38. The molecule has 0 unspecified atom stereocenters. The van der Waals surface area contributed by atoms with Crippen molar-refractivity contribution in [1.82, 2.24) is 4.98 Å². The summed E-state index contributed by atoms with van der Waals surface area (Å²) in [6.07, 6.45) is 2.73. The Morgan fingerprint density at radius 1 is 1.33 bits per heavy atom. The molecule has 1 radical (unpaired) electrons. The monoisotopic (exact) mass is 153 g/mol. The maximum absolute atomic E-state index is 8.61. The van der Waals surface area contributed by atoms with E-state index in [4.69, 9.17) is 5.26 Å². The third-order valence-corrected chi connectivity index (χ3v) is 1.68. The number of hydrogen-bond acceptors (Lipinski definition) is 2. The summed E-state index contributed by atoms with van der Waals surface area (Å²) in [5.74, 6) is 0. The van der Waals surface area contributed by atoms with E-state index >= 15 is 0 Å². The van der Waals surface area contributed by atoms with E-state index in [-0.39, 0.29) is 0 Å². The van der Waals surface area contributed by atoms with Crippen LogP contribution in [-0.4, -0.2) is 4.98 Å². The van der Waals surface area contributed by atoms with Crippen molar-refractivity contribution in [2.24, 2.45) is 0 Å². The molecule has 0 spiro atoms. The molecule has 0 fully saturated rings. The van der Waals surface area contributed by atoms with Gasteiger partial charge in [-0.2, -0.15) is 5.26 Å². The zero-order valence-electron chi connectivity index (χ0n) is 6.28. The summed E-state index contributed by atoms with van der Waals surface area (Å²) in [5, 5.41) is 9.64. The van der Waals surface area contributed by atoms with Gasteiger partial charge in [0, 0.05) is 5.39 Å². The fourth-order valence-corrected chi connectivity index (χ4v) is 1.08. The number of pyridine rings is 1. The predicted molar refractivity (Wildman–Crippen MR) is 45.3 cm³/mol. The summed E-state index contributed by atoms with van der Waals surface area (Å²) in [6, 6.07) is 11.2. The van der Waals surface area contributed by atoms with Crippen molar-refractivity contribution in [3.63, 3.8) is 0 Å². The van der Waals surface area contributed by atoms with Crippen LogP contribution in [-0.2, 0) is 0 Å². The van der Waals surface area contributed by atoms with Gasteiger partial charge < -0.3 is 0 Å². The first-order valence-corrected chi connectivity index (χ1v) is 3.57. The highest BCUT2D eigenvalue weighted by Gasteiger charge is 1.94. The van der Waals surface area contributed by atoms with Gasteiger partial charge in [0.2, 0.25) is 0 Å². The van der Waals surface area contributed by atoms with Crippen molar-refractivity contribution in [2.45, 2.75) is 0 Å². The molecule has 0 aliphatic rings. The van der Waals surface area contributed by atoms with Crippen LogP contribution in [0.2, 0.25) is 0 Å². The number of nitriles is 1. The second-order valence-electron chi connectivity index (χ2n) is 2.46.